The highest BCUT2D eigenvalue weighted by Gasteiger charge is 2.14. The number of ether oxygens (including phenoxy) is 1. The molecule has 0 aliphatic rings. The molecule has 8 heteroatoms. The van der Waals surface area contributed by atoms with Gasteiger partial charge in [0.25, 0.3) is 0 Å². The number of aromatic nitrogens is 2. The third kappa shape index (κ3) is 4.77. The Kier molecular flexibility index (Phi) is 4.00. The topological polar surface area (TPSA) is 95.5 Å². The molecule has 1 aromatic heterocycles. The van der Waals surface area contributed by atoms with E-state index in [1.54, 1.807) is 6.92 Å². The molecule has 0 aliphatic carbocycles. The second kappa shape index (κ2) is 5.09. The van der Waals surface area contributed by atoms with Crippen LogP contribution in [0, 0.1) is 0 Å². The lowest BCUT2D eigenvalue weighted by atomic mass is 10.3. The van der Waals surface area contributed by atoms with Crippen molar-refractivity contribution in [3.05, 3.63) is 18.1 Å². The fourth-order valence-corrected chi connectivity index (χ4v) is 1.46. The molecule has 1 heterocycles. The fourth-order valence-electron chi connectivity index (χ4n) is 1.06. The van der Waals surface area contributed by atoms with E-state index in [0.717, 1.165) is 6.26 Å². The van der Waals surface area contributed by atoms with Crippen molar-refractivity contribution in [1.82, 2.24) is 9.97 Å². The first kappa shape index (κ1) is 13.4. The molecule has 1 aromatic rings. The van der Waals surface area contributed by atoms with Crippen LogP contribution < -0.4 is 4.18 Å². The van der Waals surface area contributed by atoms with Crippen LogP contribution in [-0.2, 0) is 19.6 Å². The molecule has 7 nitrogen and oxygen atoms in total. The first-order chi connectivity index (χ1) is 7.78. The Morgan fingerprint density at radius 1 is 1.47 bits per heavy atom. The number of rotatable bonds is 4. The quantitative estimate of drug-likeness (QED) is 0.572. The summed E-state index contributed by atoms with van der Waals surface area (Å²) in [4.78, 5) is 18.4. The molecule has 0 fully saturated rings. The van der Waals surface area contributed by atoms with Gasteiger partial charge in [-0.15, -0.1) is 0 Å². The first-order valence-electron chi connectivity index (χ1n) is 4.67. The van der Waals surface area contributed by atoms with Crippen LogP contribution in [0.1, 0.15) is 25.8 Å². The number of esters is 1. The van der Waals surface area contributed by atoms with Crippen molar-refractivity contribution < 1.29 is 22.1 Å². The highest BCUT2D eigenvalue weighted by atomic mass is 32.2. The van der Waals surface area contributed by atoms with Crippen molar-refractivity contribution in [2.24, 2.45) is 0 Å². The lowest BCUT2D eigenvalue weighted by molar-refractivity contribution is -0.146. The molecule has 1 rings (SSSR count). The zero-order chi connectivity index (χ0) is 13.1. The molecule has 0 aliphatic heterocycles. The van der Waals surface area contributed by atoms with Crippen LogP contribution in [0.5, 0.6) is 5.88 Å². The van der Waals surface area contributed by atoms with Crippen molar-refractivity contribution in [1.29, 1.82) is 0 Å². The van der Waals surface area contributed by atoms with Crippen LogP contribution in [0.15, 0.2) is 12.3 Å². The van der Waals surface area contributed by atoms with E-state index in [9.17, 15) is 13.2 Å². The van der Waals surface area contributed by atoms with Crippen LogP contribution in [0.25, 0.3) is 0 Å². The average Bonchev–Trinajstić information content (AvgIpc) is 2.14. The maximum absolute atomic E-state index is 10.9. The van der Waals surface area contributed by atoms with Crippen LogP contribution in [0.2, 0.25) is 0 Å². The van der Waals surface area contributed by atoms with Gasteiger partial charge in [-0.3, -0.25) is 4.79 Å². The molecule has 94 valence electrons. The molecule has 1 unspecified atom stereocenters. The Labute approximate surface area is 98.9 Å². The van der Waals surface area contributed by atoms with Gasteiger partial charge < -0.3 is 8.92 Å². The summed E-state index contributed by atoms with van der Waals surface area (Å²) in [5.41, 5.74) is 0. The van der Waals surface area contributed by atoms with E-state index >= 15 is 0 Å². The number of carbonyl (C=O) groups is 1. The lowest BCUT2D eigenvalue weighted by Gasteiger charge is -2.10. The Morgan fingerprint density at radius 2 is 2.12 bits per heavy atom. The summed E-state index contributed by atoms with van der Waals surface area (Å²) in [5.74, 6) is -0.423. The normalized spacial score (nSPS) is 12.9. The molecular formula is C9H12N2O5S. The van der Waals surface area contributed by atoms with Gasteiger partial charge in [0.05, 0.1) is 6.26 Å². The van der Waals surface area contributed by atoms with Gasteiger partial charge in [0.1, 0.15) is 0 Å². The maximum Gasteiger partial charge on any atom is 0.307 e. The summed E-state index contributed by atoms with van der Waals surface area (Å²) in [6.45, 7) is 2.83. The van der Waals surface area contributed by atoms with E-state index in [0.29, 0.717) is 0 Å². The second-order valence-corrected chi connectivity index (χ2v) is 4.87. The Balaban J connectivity index is 2.89. The summed E-state index contributed by atoms with van der Waals surface area (Å²) in [7, 11) is -3.64. The van der Waals surface area contributed by atoms with Gasteiger partial charge in [-0.05, 0) is 6.92 Å². The standard InChI is InChI=1S/C9H12N2O5S/c1-6(15-7(2)12)9-10-5-4-8(11-9)16-17(3,13)14/h4-6H,1-3H3. The average molecular weight is 260 g/mol. The third-order valence-corrected chi connectivity index (χ3v) is 2.07. The van der Waals surface area contributed by atoms with Crippen molar-refractivity contribution >= 4 is 16.1 Å². The number of hydrogen-bond donors (Lipinski definition) is 0. The maximum atomic E-state index is 10.9. The summed E-state index contributed by atoms with van der Waals surface area (Å²) in [5, 5.41) is 0. The van der Waals surface area contributed by atoms with Crippen LogP contribution >= 0.6 is 0 Å². The van der Waals surface area contributed by atoms with Crippen LogP contribution in [0.4, 0.5) is 0 Å². The zero-order valence-electron chi connectivity index (χ0n) is 9.58. The van der Waals surface area contributed by atoms with Gasteiger partial charge in [0.2, 0.25) is 5.88 Å². The van der Waals surface area contributed by atoms with Crippen molar-refractivity contribution in [3.8, 4) is 5.88 Å². The van der Waals surface area contributed by atoms with Gasteiger partial charge in [0, 0.05) is 19.2 Å². The monoisotopic (exact) mass is 260 g/mol. The Morgan fingerprint density at radius 3 is 2.65 bits per heavy atom. The molecule has 17 heavy (non-hydrogen) atoms. The second-order valence-electron chi connectivity index (χ2n) is 3.29. The smallest absolute Gasteiger partial charge is 0.307 e. The largest absolute Gasteiger partial charge is 0.455 e. The van der Waals surface area contributed by atoms with E-state index in [1.165, 1.54) is 19.2 Å². The summed E-state index contributed by atoms with van der Waals surface area (Å²) >= 11 is 0. The molecule has 0 N–H and O–H groups in total. The van der Waals surface area contributed by atoms with Crippen molar-refractivity contribution in [2.45, 2.75) is 20.0 Å². The van der Waals surface area contributed by atoms with E-state index in [1.807, 2.05) is 0 Å². The zero-order valence-corrected chi connectivity index (χ0v) is 10.4. The van der Waals surface area contributed by atoms with Gasteiger partial charge in [0.15, 0.2) is 11.9 Å². The van der Waals surface area contributed by atoms with E-state index < -0.39 is 22.2 Å². The Hall–Kier alpha value is -1.70. The van der Waals surface area contributed by atoms with Crippen molar-refractivity contribution in [2.75, 3.05) is 6.26 Å². The minimum Gasteiger partial charge on any atom is -0.455 e. The predicted molar refractivity (Wildman–Crippen MR) is 57.7 cm³/mol. The highest BCUT2D eigenvalue weighted by Crippen LogP contribution is 2.15. The van der Waals surface area contributed by atoms with E-state index in [2.05, 4.69) is 14.2 Å². The minimum absolute atomic E-state index is 0.114. The third-order valence-electron chi connectivity index (χ3n) is 1.59. The molecule has 0 amide bonds. The van der Waals surface area contributed by atoms with Gasteiger partial charge in [-0.25, -0.2) is 4.98 Å². The lowest BCUT2D eigenvalue weighted by Crippen LogP contribution is -2.11. The van der Waals surface area contributed by atoms with Crippen LogP contribution in [0.3, 0.4) is 0 Å². The summed E-state index contributed by atoms with van der Waals surface area (Å²) in [6, 6.07) is 1.30. The number of hydrogen-bond acceptors (Lipinski definition) is 7. The van der Waals surface area contributed by atoms with Crippen LogP contribution in [-0.4, -0.2) is 30.6 Å². The molecule has 1 atom stereocenters. The molecule has 0 spiro atoms. The minimum atomic E-state index is -3.64. The molecular weight excluding hydrogens is 248 g/mol. The SMILES string of the molecule is CC(=O)OC(C)c1nccc(OS(C)(=O)=O)n1. The molecule has 0 radical (unpaired) electrons. The molecule has 0 aromatic carbocycles. The molecule has 0 bridgehead atoms. The first-order valence-corrected chi connectivity index (χ1v) is 6.49. The predicted octanol–water partition coefficient (Wildman–Crippen LogP) is 0.439. The number of carbonyl (C=O) groups excluding carboxylic acids is 1. The summed E-state index contributed by atoms with van der Waals surface area (Å²) in [6.07, 6.45) is 1.56. The molecule has 0 saturated heterocycles. The van der Waals surface area contributed by atoms with E-state index in [4.69, 9.17) is 4.74 Å². The molecule has 0 saturated carbocycles. The van der Waals surface area contributed by atoms with Gasteiger partial charge in [-0.2, -0.15) is 13.4 Å². The van der Waals surface area contributed by atoms with Gasteiger partial charge >= 0.3 is 16.1 Å². The van der Waals surface area contributed by atoms with Crippen molar-refractivity contribution in [3.63, 3.8) is 0 Å². The summed E-state index contributed by atoms with van der Waals surface area (Å²) < 4.78 is 31.2. The highest BCUT2D eigenvalue weighted by molar-refractivity contribution is 7.86. The Bertz CT molecular complexity index is 514. The van der Waals surface area contributed by atoms with E-state index in [-0.39, 0.29) is 11.7 Å². The number of nitrogens with zero attached hydrogens (tertiary/aromatic N) is 2. The van der Waals surface area contributed by atoms with Gasteiger partial charge in [-0.1, -0.05) is 0 Å². The fraction of sp³-hybridized carbons (Fsp3) is 0.444.